The van der Waals surface area contributed by atoms with Crippen molar-refractivity contribution in [2.75, 3.05) is 13.2 Å². The summed E-state index contributed by atoms with van der Waals surface area (Å²) in [4.78, 5) is 24.5. The average molecular weight is 913 g/mol. The van der Waals surface area contributed by atoms with Gasteiger partial charge in [0.2, 0.25) is 5.91 Å². The molecule has 2 unspecified atom stereocenters. The monoisotopic (exact) mass is 912 g/mol. The van der Waals surface area contributed by atoms with Crippen LogP contribution in [0.25, 0.3) is 0 Å². The van der Waals surface area contributed by atoms with E-state index in [9.17, 15) is 19.8 Å². The molecular weight excluding hydrogens is 803 g/mol. The van der Waals surface area contributed by atoms with E-state index in [4.69, 9.17) is 4.74 Å². The van der Waals surface area contributed by atoms with Gasteiger partial charge in [-0.2, -0.15) is 0 Å². The lowest BCUT2D eigenvalue weighted by Crippen LogP contribution is -2.45. The minimum Gasteiger partial charge on any atom is -0.466 e. The highest BCUT2D eigenvalue weighted by molar-refractivity contribution is 5.76. The second-order valence-electron chi connectivity index (χ2n) is 19.3. The molecule has 6 nitrogen and oxygen atoms in total. The minimum absolute atomic E-state index is 0.0232. The first-order chi connectivity index (χ1) is 32.0. The average Bonchev–Trinajstić information content (AvgIpc) is 3.31. The topological polar surface area (TPSA) is 95.9 Å². The molecule has 2 atom stereocenters. The second kappa shape index (κ2) is 54.4. The van der Waals surface area contributed by atoms with Gasteiger partial charge in [-0.1, -0.05) is 236 Å². The van der Waals surface area contributed by atoms with Crippen molar-refractivity contribution in [3.05, 3.63) is 48.6 Å². The van der Waals surface area contributed by atoms with Crippen molar-refractivity contribution in [1.82, 2.24) is 5.32 Å². The molecule has 0 saturated heterocycles. The van der Waals surface area contributed by atoms with Crippen LogP contribution < -0.4 is 5.32 Å². The standard InChI is InChI=1S/C59H109NO5/c1-3-5-7-9-11-13-15-17-24-27-31-35-39-43-47-51-57(62)56(55-61)60-58(63)52-48-44-40-36-32-28-25-22-20-19-21-23-26-30-34-38-42-46-50-54-65-59(64)53-49-45-41-37-33-29-18-16-14-12-10-8-6-4-2/h16,18,23,26,30,34,47,51,56-57,61-62H,3-15,17,19-22,24-25,27-29,31-33,35-46,48-50,52-55H2,1-2H3,(H,60,63)/b18-16-,26-23-,34-30-,51-47+. The third kappa shape index (κ3) is 51.1. The molecule has 0 aliphatic rings. The third-order valence-corrected chi connectivity index (χ3v) is 12.8. The minimum atomic E-state index is -0.852. The molecule has 0 fully saturated rings. The number of unbranched alkanes of at least 4 members (excludes halogenated alkanes) is 36. The Labute approximate surface area is 404 Å². The fourth-order valence-electron chi connectivity index (χ4n) is 8.44. The third-order valence-electron chi connectivity index (χ3n) is 12.8. The highest BCUT2D eigenvalue weighted by Crippen LogP contribution is 2.15. The number of nitrogens with one attached hydrogen (secondary N) is 1. The molecule has 3 N–H and O–H groups in total. The quantitative estimate of drug-likeness (QED) is 0.0245. The lowest BCUT2D eigenvalue weighted by molar-refractivity contribution is -0.143. The highest BCUT2D eigenvalue weighted by atomic mass is 16.5. The van der Waals surface area contributed by atoms with Gasteiger partial charge in [-0.25, -0.2) is 0 Å². The number of hydrogen-bond donors (Lipinski definition) is 3. The molecule has 0 aromatic rings. The summed E-state index contributed by atoms with van der Waals surface area (Å²) in [7, 11) is 0. The van der Waals surface area contributed by atoms with Crippen LogP contribution in [0.4, 0.5) is 0 Å². The molecule has 0 rings (SSSR count). The van der Waals surface area contributed by atoms with Crippen LogP contribution in [0.5, 0.6) is 0 Å². The first-order valence-electron chi connectivity index (χ1n) is 28.4. The van der Waals surface area contributed by atoms with Crippen LogP contribution in [0.1, 0.15) is 290 Å². The molecule has 0 aliphatic carbocycles. The summed E-state index contributed by atoms with van der Waals surface area (Å²) in [6.45, 7) is 4.85. The molecule has 0 radical (unpaired) electrons. The van der Waals surface area contributed by atoms with Gasteiger partial charge in [0, 0.05) is 12.8 Å². The lowest BCUT2D eigenvalue weighted by atomic mass is 10.0. The predicted molar refractivity (Wildman–Crippen MR) is 282 cm³/mol. The normalized spacial score (nSPS) is 13.0. The predicted octanol–water partition coefficient (Wildman–Crippen LogP) is 17.4. The first kappa shape index (κ1) is 62.8. The number of allylic oxidation sites excluding steroid dienone is 7. The zero-order valence-corrected chi connectivity index (χ0v) is 43.2. The van der Waals surface area contributed by atoms with E-state index in [0.29, 0.717) is 19.4 Å². The molecule has 65 heavy (non-hydrogen) atoms. The SMILES string of the molecule is CCCCCCC/C=C\CCCCCCCC(=O)OCCCCC/C=C\C=C/CCCCCCCCCCCCC(=O)NC(CO)C(O)/C=C/CCCCCCCCCCCCCCC. The van der Waals surface area contributed by atoms with E-state index < -0.39 is 12.1 Å². The summed E-state index contributed by atoms with van der Waals surface area (Å²) in [6, 6.07) is -0.636. The number of carbonyl (C=O) groups excluding carboxylic acids is 2. The Hall–Kier alpha value is -2.18. The summed E-state index contributed by atoms with van der Waals surface area (Å²) in [5.74, 6) is -0.101. The van der Waals surface area contributed by atoms with Gasteiger partial charge in [0.15, 0.2) is 0 Å². The van der Waals surface area contributed by atoms with Crippen molar-refractivity contribution in [3.63, 3.8) is 0 Å². The van der Waals surface area contributed by atoms with E-state index >= 15 is 0 Å². The number of amides is 1. The Kier molecular flexibility index (Phi) is 52.6. The molecule has 0 aromatic heterocycles. The number of ether oxygens (including phenoxy) is 1. The van der Waals surface area contributed by atoms with Gasteiger partial charge in [0.05, 0.1) is 25.4 Å². The van der Waals surface area contributed by atoms with Crippen LogP contribution in [-0.2, 0) is 14.3 Å². The molecule has 0 saturated carbocycles. The van der Waals surface area contributed by atoms with Crippen molar-refractivity contribution >= 4 is 11.9 Å². The molecule has 1 amide bonds. The maximum Gasteiger partial charge on any atom is 0.305 e. The number of aliphatic hydroxyl groups excluding tert-OH is 2. The van der Waals surface area contributed by atoms with Crippen molar-refractivity contribution < 1.29 is 24.5 Å². The van der Waals surface area contributed by atoms with Crippen molar-refractivity contribution in [2.45, 2.75) is 302 Å². The van der Waals surface area contributed by atoms with Crippen LogP contribution in [0.3, 0.4) is 0 Å². The number of hydrogen-bond acceptors (Lipinski definition) is 5. The van der Waals surface area contributed by atoms with Crippen molar-refractivity contribution in [2.24, 2.45) is 0 Å². The van der Waals surface area contributed by atoms with Crippen LogP contribution >= 0.6 is 0 Å². The first-order valence-corrected chi connectivity index (χ1v) is 28.4. The van der Waals surface area contributed by atoms with E-state index in [1.54, 1.807) is 6.08 Å². The van der Waals surface area contributed by atoms with E-state index in [2.05, 4.69) is 55.6 Å². The molecule has 380 valence electrons. The van der Waals surface area contributed by atoms with Gasteiger partial charge in [0.1, 0.15) is 0 Å². The molecule has 0 aromatic carbocycles. The Morgan fingerprint density at radius 2 is 0.769 bits per heavy atom. The van der Waals surface area contributed by atoms with Crippen LogP contribution in [0.2, 0.25) is 0 Å². The number of aliphatic hydroxyl groups is 2. The van der Waals surface area contributed by atoms with Crippen LogP contribution in [-0.4, -0.2) is 47.4 Å². The lowest BCUT2D eigenvalue weighted by Gasteiger charge is -2.20. The van der Waals surface area contributed by atoms with Crippen LogP contribution in [0.15, 0.2) is 48.6 Å². The number of rotatable bonds is 52. The van der Waals surface area contributed by atoms with Gasteiger partial charge >= 0.3 is 5.97 Å². The number of esters is 1. The van der Waals surface area contributed by atoms with Gasteiger partial charge in [-0.05, 0) is 89.9 Å². The molecular formula is C59H109NO5. The summed E-state index contributed by atoms with van der Waals surface area (Å²) in [5, 5.41) is 23.1. The summed E-state index contributed by atoms with van der Waals surface area (Å²) < 4.78 is 5.44. The largest absolute Gasteiger partial charge is 0.466 e. The van der Waals surface area contributed by atoms with E-state index in [-0.39, 0.29) is 18.5 Å². The Bertz CT molecular complexity index is 1100. The zero-order valence-electron chi connectivity index (χ0n) is 43.2. The Balaban J connectivity index is 3.52. The van der Waals surface area contributed by atoms with Crippen molar-refractivity contribution in [3.8, 4) is 0 Å². The molecule has 0 spiro atoms. The van der Waals surface area contributed by atoms with Gasteiger partial charge in [0.25, 0.3) is 0 Å². The zero-order chi connectivity index (χ0) is 47.2. The smallest absolute Gasteiger partial charge is 0.305 e. The van der Waals surface area contributed by atoms with Crippen LogP contribution in [0, 0.1) is 0 Å². The van der Waals surface area contributed by atoms with E-state index in [1.807, 2.05) is 6.08 Å². The number of carbonyl (C=O) groups is 2. The molecule has 6 heteroatoms. The van der Waals surface area contributed by atoms with E-state index in [0.717, 1.165) is 77.0 Å². The Morgan fingerprint density at radius 3 is 1.18 bits per heavy atom. The van der Waals surface area contributed by atoms with Gasteiger partial charge in [-0.15, -0.1) is 0 Å². The van der Waals surface area contributed by atoms with Crippen molar-refractivity contribution in [1.29, 1.82) is 0 Å². The summed E-state index contributed by atoms with van der Waals surface area (Å²) >= 11 is 0. The fourth-order valence-corrected chi connectivity index (χ4v) is 8.44. The highest BCUT2D eigenvalue weighted by Gasteiger charge is 2.18. The maximum atomic E-state index is 12.4. The Morgan fingerprint density at radius 1 is 0.431 bits per heavy atom. The fraction of sp³-hybridized carbons (Fsp3) is 0.831. The molecule has 0 heterocycles. The molecule has 0 aliphatic heterocycles. The van der Waals surface area contributed by atoms with Gasteiger partial charge < -0.3 is 20.3 Å². The maximum absolute atomic E-state index is 12.4. The second-order valence-corrected chi connectivity index (χ2v) is 19.3. The summed E-state index contributed by atoms with van der Waals surface area (Å²) in [6.07, 6.45) is 68.4. The van der Waals surface area contributed by atoms with E-state index in [1.165, 1.54) is 186 Å². The molecule has 0 bridgehead atoms. The summed E-state index contributed by atoms with van der Waals surface area (Å²) in [5.41, 5.74) is 0. The van der Waals surface area contributed by atoms with Gasteiger partial charge in [-0.3, -0.25) is 9.59 Å².